The molecule has 0 bridgehead atoms. The molecule has 0 unspecified atom stereocenters. The van der Waals surface area contributed by atoms with Crippen LogP contribution >= 0.6 is 0 Å². The highest BCUT2D eigenvalue weighted by atomic mass is 16.7. The van der Waals surface area contributed by atoms with Gasteiger partial charge in [0.1, 0.15) is 0 Å². The molecule has 0 aromatic rings. The maximum absolute atomic E-state index is 11.1. The Bertz CT molecular complexity index is 274. The van der Waals surface area contributed by atoms with Crippen molar-refractivity contribution in [2.75, 3.05) is 19.8 Å². The first-order chi connectivity index (χ1) is 7.65. The van der Waals surface area contributed by atoms with E-state index < -0.39 is 17.8 Å². The highest BCUT2D eigenvalue weighted by Crippen LogP contribution is 2.12. The van der Waals surface area contributed by atoms with E-state index in [1.54, 1.807) is 0 Å². The van der Waals surface area contributed by atoms with Crippen molar-refractivity contribution in [3.05, 3.63) is 0 Å². The topological polar surface area (TPSA) is 93.1 Å². The zero-order valence-electron chi connectivity index (χ0n) is 8.68. The summed E-state index contributed by atoms with van der Waals surface area (Å²) in [6.45, 7) is 0.0859. The zero-order valence-corrected chi connectivity index (χ0v) is 8.68. The minimum Gasteiger partial charge on any atom is -0.394 e. The molecule has 2 amide bonds. The van der Waals surface area contributed by atoms with Gasteiger partial charge in [-0.15, -0.1) is 5.06 Å². The molecule has 0 radical (unpaired) electrons. The van der Waals surface area contributed by atoms with Gasteiger partial charge in [-0.1, -0.05) is 0 Å². The van der Waals surface area contributed by atoms with E-state index in [1.165, 1.54) is 0 Å². The molecule has 1 heterocycles. The second kappa shape index (κ2) is 6.19. The Morgan fingerprint density at radius 2 is 1.88 bits per heavy atom. The lowest BCUT2D eigenvalue weighted by molar-refractivity contribution is -0.198. The molecule has 16 heavy (non-hydrogen) atoms. The number of rotatable bonds is 6. The van der Waals surface area contributed by atoms with Gasteiger partial charge in [0, 0.05) is 12.8 Å². The number of carbonyl (C=O) groups is 3. The number of aliphatic hydroxyl groups is 1. The van der Waals surface area contributed by atoms with Crippen molar-refractivity contribution in [1.29, 1.82) is 0 Å². The number of carbonyl (C=O) groups excluding carboxylic acids is 3. The molecule has 1 fully saturated rings. The summed E-state index contributed by atoms with van der Waals surface area (Å²) in [5.74, 6) is -1.72. The van der Waals surface area contributed by atoms with Crippen LogP contribution in [0.25, 0.3) is 0 Å². The third-order valence-corrected chi connectivity index (χ3v) is 1.89. The molecule has 0 saturated carbocycles. The summed E-state index contributed by atoms with van der Waals surface area (Å²) >= 11 is 0. The molecule has 0 aromatic carbocycles. The van der Waals surface area contributed by atoms with Gasteiger partial charge in [0.15, 0.2) is 0 Å². The molecule has 0 spiro atoms. The lowest BCUT2D eigenvalue weighted by atomic mass is 10.4. The van der Waals surface area contributed by atoms with E-state index in [4.69, 9.17) is 9.84 Å². The van der Waals surface area contributed by atoms with Crippen LogP contribution in [0.2, 0.25) is 0 Å². The predicted octanol–water partition coefficient (Wildman–Crippen LogP) is -1.01. The molecule has 1 rings (SSSR count). The number of hydrogen-bond donors (Lipinski definition) is 1. The van der Waals surface area contributed by atoms with Gasteiger partial charge in [0.25, 0.3) is 11.8 Å². The van der Waals surface area contributed by atoms with Crippen LogP contribution in [-0.2, 0) is 24.0 Å². The van der Waals surface area contributed by atoms with Crippen molar-refractivity contribution in [3.8, 4) is 0 Å². The van der Waals surface area contributed by atoms with Crippen LogP contribution in [0.5, 0.6) is 0 Å². The Morgan fingerprint density at radius 1 is 1.25 bits per heavy atom. The Hall–Kier alpha value is -1.47. The number of nitrogens with zero attached hydrogens (tertiary/aromatic N) is 1. The molecule has 90 valence electrons. The van der Waals surface area contributed by atoms with Gasteiger partial charge in [0.05, 0.1) is 26.2 Å². The summed E-state index contributed by atoms with van der Waals surface area (Å²) in [5, 5.41) is 8.89. The molecule has 0 atom stereocenters. The molecule has 1 saturated heterocycles. The van der Waals surface area contributed by atoms with E-state index in [9.17, 15) is 14.4 Å². The average molecular weight is 231 g/mol. The van der Waals surface area contributed by atoms with Gasteiger partial charge in [-0.25, -0.2) is 4.79 Å². The van der Waals surface area contributed by atoms with E-state index in [1.807, 2.05) is 0 Å². The maximum atomic E-state index is 11.1. The van der Waals surface area contributed by atoms with Crippen molar-refractivity contribution in [2.24, 2.45) is 0 Å². The van der Waals surface area contributed by atoms with Crippen LogP contribution in [0.4, 0.5) is 0 Å². The fourth-order valence-electron chi connectivity index (χ4n) is 1.13. The number of amides is 2. The minimum atomic E-state index is -0.707. The normalized spacial score (nSPS) is 15.7. The van der Waals surface area contributed by atoms with Crippen molar-refractivity contribution < 1.29 is 29.1 Å². The van der Waals surface area contributed by atoms with Crippen molar-refractivity contribution in [1.82, 2.24) is 5.06 Å². The minimum absolute atomic E-state index is 0.0724. The summed E-state index contributed by atoms with van der Waals surface area (Å²) < 4.78 is 4.83. The molecule has 1 aliphatic heterocycles. The van der Waals surface area contributed by atoms with E-state index in [0.29, 0.717) is 5.06 Å². The van der Waals surface area contributed by atoms with E-state index >= 15 is 0 Å². The second-order valence-electron chi connectivity index (χ2n) is 3.13. The van der Waals surface area contributed by atoms with Crippen molar-refractivity contribution in [3.63, 3.8) is 0 Å². The molecule has 1 aliphatic rings. The molecule has 0 aromatic heterocycles. The second-order valence-corrected chi connectivity index (χ2v) is 3.13. The molecular weight excluding hydrogens is 218 g/mol. The average Bonchev–Trinajstić information content (AvgIpc) is 2.56. The first kappa shape index (κ1) is 12.6. The number of aliphatic hydroxyl groups excluding tert-OH is 1. The standard InChI is InChI=1S/C9H13NO6/c11-4-6-15-5-3-9(14)16-10-7(12)1-2-8(10)13/h11H,1-6H2. The van der Waals surface area contributed by atoms with Crippen LogP contribution in [0.1, 0.15) is 19.3 Å². The lowest BCUT2D eigenvalue weighted by Crippen LogP contribution is -2.32. The molecule has 1 N–H and O–H groups in total. The fourth-order valence-corrected chi connectivity index (χ4v) is 1.13. The SMILES string of the molecule is O=C(CCOCCO)ON1C(=O)CCC1=O. The Balaban J connectivity index is 2.23. The van der Waals surface area contributed by atoms with Crippen LogP contribution in [0.15, 0.2) is 0 Å². The maximum Gasteiger partial charge on any atom is 0.335 e. The van der Waals surface area contributed by atoms with Gasteiger partial charge >= 0.3 is 5.97 Å². The molecule has 7 nitrogen and oxygen atoms in total. The van der Waals surface area contributed by atoms with Crippen LogP contribution < -0.4 is 0 Å². The van der Waals surface area contributed by atoms with E-state index in [2.05, 4.69) is 4.84 Å². The monoisotopic (exact) mass is 231 g/mol. The Morgan fingerprint density at radius 3 is 2.44 bits per heavy atom. The Labute approximate surface area is 91.9 Å². The highest BCUT2D eigenvalue weighted by Gasteiger charge is 2.32. The molecule has 0 aliphatic carbocycles. The number of hydrogen-bond acceptors (Lipinski definition) is 6. The van der Waals surface area contributed by atoms with Crippen LogP contribution in [0.3, 0.4) is 0 Å². The highest BCUT2D eigenvalue weighted by molar-refractivity contribution is 6.01. The summed E-state index contributed by atoms with van der Waals surface area (Å²) in [6.07, 6.45) is 0.0807. The smallest absolute Gasteiger partial charge is 0.335 e. The van der Waals surface area contributed by atoms with Gasteiger partial charge in [-0.2, -0.15) is 0 Å². The first-order valence-corrected chi connectivity index (χ1v) is 4.90. The first-order valence-electron chi connectivity index (χ1n) is 4.90. The van der Waals surface area contributed by atoms with Gasteiger partial charge in [-0.05, 0) is 0 Å². The Kier molecular flexibility index (Phi) is 4.87. The summed E-state index contributed by atoms with van der Waals surface area (Å²) in [6, 6.07) is 0. The number of hydroxylamine groups is 2. The van der Waals surface area contributed by atoms with E-state index in [-0.39, 0.29) is 39.1 Å². The fraction of sp³-hybridized carbons (Fsp3) is 0.667. The molecular formula is C9H13NO6. The summed E-state index contributed by atoms with van der Waals surface area (Å²) in [4.78, 5) is 37.8. The van der Waals surface area contributed by atoms with Crippen LogP contribution in [-0.4, -0.2) is 47.8 Å². The lowest BCUT2D eigenvalue weighted by Gasteiger charge is -2.12. The zero-order chi connectivity index (χ0) is 12.0. The van der Waals surface area contributed by atoms with Gasteiger partial charge in [-0.3, -0.25) is 9.59 Å². The number of ether oxygens (including phenoxy) is 1. The quantitative estimate of drug-likeness (QED) is 0.465. The largest absolute Gasteiger partial charge is 0.394 e. The summed E-state index contributed by atoms with van der Waals surface area (Å²) in [5.41, 5.74) is 0. The van der Waals surface area contributed by atoms with Crippen molar-refractivity contribution >= 4 is 17.8 Å². The van der Waals surface area contributed by atoms with Crippen molar-refractivity contribution in [2.45, 2.75) is 19.3 Å². The van der Waals surface area contributed by atoms with Gasteiger partial charge in [0.2, 0.25) is 0 Å². The molecule has 7 heteroatoms. The number of imide groups is 1. The van der Waals surface area contributed by atoms with Crippen LogP contribution in [0, 0.1) is 0 Å². The third kappa shape index (κ3) is 3.59. The van der Waals surface area contributed by atoms with Gasteiger partial charge < -0.3 is 14.7 Å². The third-order valence-electron chi connectivity index (χ3n) is 1.89. The van der Waals surface area contributed by atoms with E-state index in [0.717, 1.165) is 0 Å². The summed E-state index contributed by atoms with van der Waals surface area (Å²) in [7, 11) is 0. The predicted molar refractivity (Wildman–Crippen MR) is 49.7 cm³/mol.